The largest absolute Gasteiger partial charge is 0.395 e. The van der Waals surface area contributed by atoms with E-state index in [9.17, 15) is 4.79 Å². The summed E-state index contributed by atoms with van der Waals surface area (Å²) in [6.07, 6.45) is 1.46. The van der Waals surface area contributed by atoms with Crippen LogP contribution in [0.3, 0.4) is 0 Å². The molecule has 0 saturated heterocycles. The molecule has 16 heavy (non-hydrogen) atoms. The first kappa shape index (κ1) is 15.4. The van der Waals surface area contributed by atoms with E-state index in [1.807, 2.05) is 32.7 Å². The lowest BCUT2D eigenvalue weighted by Crippen LogP contribution is -2.34. The van der Waals surface area contributed by atoms with Crippen LogP contribution in [-0.2, 0) is 4.79 Å². The van der Waals surface area contributed by atoms with Crippen molar-refractivity contribution in [1.29, 1.82) is 0 Å². The summed E-state index contributed by atoms with van der Waals surface area (Å²) in [5.74, 6) is 0.232. The Morgan fingerprint density at radius 3 is 2.31 bits per heavy atom. The molecule has 0 aromatic rings. The van der Waals surface area contributed by atoms with Gasteiger partial charge in [-0.15, -0.1) is 0 Å². The Labute approximate surface area is 99.2 Å². The molecule has 1 atom stereocenters. The van der Waals surface area contributed by atoms with Crippen molar-refractivity contribution < 1.29 is 9.90 Å². The van der Waals surface area contributed by atoms with Gasteiger partial charge in [0.2, 0.25) is 5.91 Å². The number of nitrogens with zero attached hydrogens (tertiary/aromatic N) is 2. The number of carbonyl (C=O) groups excluding carboxylic acids is 1. The highest BCUT2D eigenvalue weighted by molar-refractivity contribution is 5.76. The summed E-state index contributed by atoms with van der Waals surface area (Å²) in [4.78, 5) is 15.6. The predicted octanol–water partition coefficient (Wildman–Crippen LogP) is 0.948. The summed E-state index contributed by atoms with van der Waals surface area (Å²) >= 11 is 0. The molecule has 0 aromatic heterocycles. The summed E-state index contributed by atoms with van der Waals surface area (Å²) in [6, 6.07) is 0.170. The van der Waals surface area contributed by atoms with Crippen LogP contribution < -0.4 is 0 Å². The molecule has 0 spiro atoms. The normalized spacial score (nSPS) is 12.9. The van der Waals surface area contributed by atoms with Crippen LogP contribution in [0, 0.1) is 0 Å². The number of aliphatic hydroxyl groups excluding tert-OH is 1. The average molecular weight is 230 g/mol. The van der Waals surface area contributed by atoms with Crippen LogP contribution in [0.25, 0.3) is 0 Å². The monoisotopic (exact) mass is 230 g/mol. The van der Waals surface area contributed by atoms with Gasteiger partial charge in [-0.2, -0.15) is 0 Å². The van der Waals surface area contributed by atoms with Crippen LogP contribution in [0.5, 0.6) is 0 Å². The van der Waals surface area contributed by atoms with E-state index in [0.29, 0.717) is 6.42 Å². The molecule has 0 rings (SSSR count). The fourth-order valence-electron chi connectivity index (χ4n) is 1.57. The maximum Gasteiger partial charge on any atom is 0.222 e. The van der Waals surface area contributed by atoms with E-state index in [1.54, 1.807) is 0 Å². The second-order valence-electron chi connectivity index (χ2n) is 4.18. The zero-order valence-corrected chi connectivity index (χ0v) is 11.1. The van der Waals surface area contributed by atoms with E-state index in [1.165, 1.54) is 0 Å². The van der Waals surface area contributed by atoms with Crippen LogP contribution in [0.15, 0.2) is 0 Å². The summed E-state index contributed by atoms with van der Waals surface area (Å²) < 4.78 is 0. The number of likely N-dealkylation sites (N-methyl/N-ethyl adjacent to an activating group) is 1. The molecule has 0 bridgehead atoms. The molecule has 0 aliphatic rings. The van der Waals surface area contributed by atoms with Gasteiger partial charge in [-0.1, -0.05) is 0 Å². The maximum atomic E-state index is 11.7. The summed E-state index contributed by atoms with van der Waals surface area (Å²) in [5.41, 5.74) is 0. The van der Waals surface area contributed by atoms with E-state index >= 15 is 0 Å². The third kappa shape index (κ3) is 5.47. The van der Waals surface area contributed by atoms with Crippen LogP contribution >= 0.6 is 0 Å². The fraction of sp³-hybridized carbons (Fsp3) is 0.917. The highest BCUT2D eigenvalue weighted by Crippen LogP contribution is 2.01. The van der Waals surface area contributed by atoms with E-state index in [4.69, 9.17) is 5.11 Å². The Bertz CT molecular complexity index is 193. The first-order chi connectivity index (χ1) is 7.56. The van der Waals surface area contributed by atoms with Crippen molar-refractivity contribution in [2.24, 2.45) is 0 Å². The number of hydrogen-bond acceptors (Lipinski definition) is 3. The Kier molecular flexibility index (Phi) is 8.21. The molecule has 4 nitrogen and oxygen atoms in total. The Hall–Kier alpha value is -0.610. The van der Waals surface area contributed by atoms with E-state index in [0.717, 1.165) is 26.1 Å². The molecule has 0 saturated carbocycles. The first-order valence-corrected chi connectivity index (χ1v) is 6.15. The van der Waals surface area contributed by atoms with Gasteiger partial charge in [0.1, 0.15) is 0 Å². The number of hydrogen-bond donors (Lipinski definition) is 1. The van der Waals surface area contributed by atoms with Gasteiger partial charge in [0, 0.05) is 25.6 Å². The number of aliphatic hydroxyl groups is 1. The average Bonchev–Trinajstić information content (AvgIpc) is 2.29. The van der Waals surface area contributed by atoms with Crippen molar-refractivity contribution in [3.05, 3.63) is 0 Å². The minimum Gasteiger partial charge on any atom is -0.395 e. The molecule has 0 fully saturated rings. The smallest absolute Gasteiger partial charge is 0.222 e. The highest BCUT2D eigenvalue weighted by Gasteiger charge is 2.11. The van der Waals surface area contributed by atoms with Crippen LogP contribution in [0.1, 0.15) is 33.6 Å². The Morgan fingerprint density at radius 2 is 1.88 bits per heavy atom. The van der Waals surface area contributed by atoms with Crippen molar-refractivity contribution in [2.75, 3.05) is 33.3 Å². The molecule has 0 heterocycles. The minimum atomic E-state index is 0.167. The van der Waals surface area contributed by atoms with Crippen LogP contribution in [-0.4, -0.2) is 60.1 Å². The Balaban J connectivity index is 3.77. The quantitative estimate of drug-likeness (QED) is 0.675. The lowest BCUT2D eigenvalue weighted by atomic mass is 10.2. The molecule has 0 radical (unpaired) electrons. The SMILES string of the molecule is CCN(CC)C(=O)CCCN(C)C(C)CO. The maximum absolute atomic E-state index is 11.7. The van der Waals surface area contributed by atoms with E-state index < -0.39 is 0 Å². The van der Waals surface area contributed by atoms with Gasteiger partial charge in [-0.05, 0) is 40.8 Å². The summed E-state index contributed by atoms with van der Waals surface area (Å²) in [6.45, 7) is 8.58. The highest BCUT2D eigenvalue weighted by atomic mass is 16.3. The van der Waals surface area contributed by atoms with Crippen molar-refractivity contribution in [3.63, 3.8) is 0 Å². The van der Waals surface area contributed by atoms with Crippen molar-refractivity contribution in [2.45, 2.75) is 39.7 Å². The number of amides is 1. The molecule has 1 N–H and O–H groups in total. The zero-order valence-electron chi connectivity index (χ0n) is 11.1. The van der Waals surface area contributed by atoms with Gasteiger partial charge >= 0.3 is 0 Å². The standard InChI is InChI=1S/C12H26N2O2/c1-5-14(6-2)12(16)8-7-9-13(4)11(3)10-15/h11,15H,5-10H2,1-4H3. The number of carbonyl (C=O) groups is 1. The topological polar surface area (TPSA) is 43.8 Å². The van der Waals surface area contributed by atoms with Crippen LogP contribution in [0.4, 0.5) is 0 Å². The van der Waals surface area contributed by atoms with Gasteiger partial charge in [0.15, 0.2) is 0 Å². The van der Waals surface area contributed by atoms with Crippen molar-refractivity contribution in [1.82, 2.24) is 9.80 Å². The molecule has 96 valence electrons. The molecule has 4 heteroatoms. The zero-order chi connectivity index (χ0) is 12.6. The minimum absolute atomic E-state index is 0.167. The van der Waals surface area contributed by atoms with Gasteiger partial charge in [-0.3, -0.25) is 4.79 Å². The van der Waals surface area contributed by atoms with Crippen molar-refractivity contribution in [3.8, 4) is 0 Å². The van der Waals surface area contributed by atoms with Crippen molar-refractivity contribution >= 4 is 5.91 Å². The van der Waals surface area contributed by atoms with E-state index in [-0.39, 0.29) is 18.6 Å². The third-order valence-electron chi connectivity index (χ3n) is 3.03. The van der Waals surface area contributed by atoms with Gasteiger partial charge in [-0.25, -0.2) is 0 Å². The molecule has 0 aromatic carbocycles. The number of rotatable bonds is 8. The Morgan fingerprint density at radius 1 is 1.31 bits per heavy atom. The van der Waals surface area contributed by atoms with Gasteiger partial charge in [0.05, 0.1) is 6.61 Å². The lowest BCUT2D eigenvalue weighted by molar-refractivity contribution is -0.131. The summed E-state index contributed by atoms with van der Waals surface area (Å²) in [7, 11) is 1.97. The molecular weight excluding hydrogens is 204 g/mol. The molecule has 0 aliphatic heterocycles. The molecule has 1 unspecified atom stereocenters. The summed E-state index contributed by atoms with van der Waals surface area (Å²) in [5, 5.41) is 8.96. The van der Waals surface area contributed by atoms with Gasteiger partial charge in [0.25, 0.3) is 0 Å². The second kappa shape index (κ2) is 8.53. The molecule has 0 aliphatic carbocycles. The second-order valence-corrected chi connectivity index (χ2v) is 4.18. The van der Waals surface area contributed by atoms with E-state index in [2.05, 4.69) is 4.90 Å². The predicted molar refractivity (Wildman–Crippen MR) is 66.3 cm³/mol. The molecular formula is C12H26N2O2. The first-order valence-electron chi connectivity index (χ1n) is 6.15. The van der Waals surface area contributed by atoms with Gasteiger partial charge < -0.3 is 14.9 Å². The van der Waals surface area contributed by atoms with Crippen LogP contribution in [0.2, 0.25) is 0 Å². The lowest BCUT2D eigenvalue weighted by Gasteiger charge is -2.23. The fourth-order valence-corrected chi connectivity index (χ4v) is 1.57. The third-order valence-corrected chi connectivity index (χ3v) is 3.03. The molecule has 1 amide bonds.